The van der Waals surface area contributed by atoms with E-state index in [0.717, 1.165) is 49.3 Å². The van der Waals surface area contributed by atoms with E-state index >= 15 is 0 Å². The lowest BCUT2D eigenvalue weighted by molar-refractivity contribution is -0.117. The first-order chi connectivity index (χ1) is 19.8. The van der Waals surface area contributed by atoms with Crippen molar-refractivity contribution < 1.29 is 19.4 Å². The number of nitrogens with one attached hydrogen (secondary N) is 1. The molecule has 0 bridgehead atoms. The first-order valence-corrected chi connectivity index (χ1v) is 15.1. The minimum Gasteiger partial charge on any atom is -0.393 e. The standard InChI is InChI=1S/C30H35ClN4O5S/c1-40-19-22-16-23(35-18-20(15-28(35)37)17-32-29(38)26-6-7-27(31)41-26)4-5-25(22)34-11-2-3-21(30(34)39)8-12-33-13-9-24(36)10-14-33/h2-7,11,16,20,24,36H,8-10,12-15,17-19H2,1H3,(H,32,38)/t20-/m0/s1. The van der Waals surface area contributed by atoms with E-state index in [1.54, 1.807) is 34.9 Å². The maximum atomic E-state index is 13.5. The Kier molecular flexibility index (Phi) is 9.57. The van der Waals surface area contributed by atoms with Crippen molar-refractivity contribution >= 4 is 40.4 Å². The van der Waals surface area contributed by atoms with E-state index in [0.29, 0.717) is 40.8 Å². The van der Waals surface area contributed by atoms with Gasteiger partial charge in [0.15, 0.2) is 0 Å². The highest BCUT2D eigenvalue weighted by Gasteiger charge is 2.31. The Morgan fingerprint density at radius 3 is 2.68 bits per heavy atom. The molecule has 2 fully saturated rings. The third-order valence-electron chi connectivity index (χ3n) is 7.77. The summed E-state index contributed by atoms with van der Waals surface area (Å²) in [6.45, 7) is 3.61. The summed E-state index contributed by atoms with van der Waals surface area (Å²) in [5, 5.41) is 12.7. The number of ether oxygens (including phenoxy) is 1. The molecule has 2 aromatic heterocycles. The molecule has 41 heavy (non-hydrogen) atoms. The summed E-state index contributed by atoms with van der Waals surface area (Å²) in [7, 11) is 1.60. The smallest absolute Gasteiger partial charge is 0.261 e. The number of rotatable bonds is 10. The van der Waals surface area contributed by atoms with Gasteiger partial charge in [-0.1, -0.05) is 17.7 Å². The quantitative estimate of drug-likeness (QED) is 0.370. The second-order valence-electron chi connectivity index (χ2n) is 10.7. The number of hydrogen-bond acceptors (Lipinski definition) is 7. The molecule has 2 saturated heterocycles. The number of likely N-dealkylation sites (tertiary alicyclic amines) is 1. The van der Waals surface area contributed by atoms with Gasteiger partial charge in [-0.3, -0.25) is 19.0 Å². The van der Waals surface area contributed by atoms with Crippen molar-refractivity contribution in [3.05, 3.63) is 79.4 Å². The maximum Gasteiger partial charge on any atom is 0.261 e. The van der Waals surface area contributed by atoms with Crippen molar-refractivity contribution in [1.29, 1.82) is 0 Å². The third-order valence-corrected chi connectivity index (χ3v) is 9.00. The van der Waals surface area contributed by atoms with Gasteiger partial charge >= 0.3 is 0 Å². The molecule has 0 spiro atoms. The molecule has 0 aliphatic carbocycles. The molecule has 0 saturated carbocycles. The monoisotopic (exact) mass is 598 g/mol. The van der Waals surface area contributed by atoms with Crippen LogP contribution in [0.4, 0.5) is 5.69 Å². The van der Waals surface area contributed by atoms with Gasteiger partial charge in [0.05, 0.1) is 27.6 Å². The molecule has 218 valence electrons. The van der Waals surface area contributed by atoms with Crippen LogP contribution in [0.15, 0.2) is 53.5 Å². The van der Waals surface area contributed by atoms with Crippen LogP contribution in [0.5, 0.6) is 0 Å². The highest BCUT2D eigenvalue weighted by molar-refractivity contribution is 7.18. The van der Waals surface area contributed by atoms with E-state index in [4.69, 9.17) is 16.3 Å². The number of amides is 2. The Bertz CT molecular complexity index is 1450. The van der Waals surface area contributed by atoms with Gasteiger partial charge < -0.3 is 25.0 Å². The molecule has 4 heterocycles. The van der Waals surface area contributed by atoms with Gasteiger partial charge in [-0.2, -0.15) is 0 Å². The van der Waals surface area contributed by atoms with E-state index in [2.05, 4.69) is 10.2 Å². The number of hydrogen-bond donors (Lipinski definition) is 2. The summed E-state index contributed by atoms with van der Waals surface area (Å²) in [6.07, 6.45) is 4.05. The second kappa shape index (κ2) is 13.3. The lowest BCUT2D eigenvalue weighted by Gasteiger charge is -2.29. The predicted octanol–water partition coefficient (Wildman–Crippen LogP) is 3.48. The second-order valence-corrected chi connectivity index (χ2v) is 12.4. The summed E-state index contributed by atoms with van der Waals surface area (Å²) < 4.78 is 7.67. The largest absolute Gasteiger partial charge is 0.393 e. The van der Waals surface area contributed by atoms with E-state index in [9.17, 15) is 19.5 Å². The van der Waals surface area contributed by atoms with Crippen molar-refractivity contribution in [2.24, 2.45) is 5.92 Å². The number of thiophene rings is 1. The first-order valence-electron chi connectivity index (χ1n) is 13.9. The summed E-state index contributed by atoms with van der Waals surface area (Å²) in [5.41, 5.74) is 2.91. The number of methoxy groups -OCH3 is 1. The van der Waals surface area contributed by atoms with Crippen molar-refractivity contribution in [2.45, 2.75) is 38.4 Å². The highest BCUT2D eigenvalue weighted by atomic mass is 35.5. The molecule has 2 aliphatic rings. The lowest BCUT2D eigenvalue weighted by Crippen LogP contribution is -2.37. The van der Waals surface area contributed by atoms with Crippen molar-refractivity contribution in [2.75, 3.05) is 44.7 Å². The van der Waals surface area contributed by atoms with Gasteiger partial charge in [0.25, 0.3) is 11.5 Å². The van der Waals surface area contributed by atoms with Gasteiger partial charge in [-0.25, -0.2) is 0 Å². The number of benzene rings is 1. The van der Waals surface area contributed by atoms with Gasteiger partial charge in [0.1, 0.15) is 0 Å². The van der Waals surface area contributed by atoms with Crippen LogP contribution in [0, 0.1) is 5.92 Å². The molecule has 1 aromatic carbocycles. The van der Waals surface area contributed by atoms with Crippen LogP contribution in [-0.4, -0.2) is 72.3 Å². The first kappa shape index (κ1) is 29.5. The topological polar surface area (TPSA) is 104 Å². The number of nitrogens with zero attached hydrogens (tertiary/aromatic N) is 3. The van der Waals surface area contributed by atoms with Crippen LogP contribution < -0.4 is 15.8 Å². The highest BCUT2D eigenvalue weighted by Crippen LogP contribution is 2.29. The van der Waals surface area contributed by atoms with E-state index < -0.39 is 0 Å². The summed E-state index contributed by atoms with van der Waals surface area (Å²) in [5.74, 6) is -0.222. The van der Waals surface area contributed by atoms with E-state index in [-0.39, 0.29) is 36.0 Å². The molecule has 5 rings (SSSR count). The molecule has 0 radical (unpaired) electrons. The fraction of sp³-hybridized carbons (Fsp3) is 0.433. The number of anilines is 1. The van der Waals surface area contributed by atoms with Gasteiger partial charge in [0, 0.05) is 75.2 Å². The zero-order valence-corrected chi connectivity index (χ0v) is 24.6. The van der Waals surface area contributed by atoms with Crippen molar-refractivity contribution in [3.8, 4) is 5.69 Å². The molecular formula is C30H35ClN4O5S. The van der Waals surface area contributed by atoms with Crippen LogP contribution in [0.1, 0.15) is 40.1 Å². The Balaban J connectivity index is 1.28. The molecule has 2 amide bonds. The average molecular weight is 599 g/mol. The van der Waals surface area contributed by atoms with E-state index in [1.807, 2.05) is 30.3 Å². The Hall–Kier alpha value is -3.02. The number of carbonyl (C=O) groups excluding carboxylic acids is 2. The lowest BCUT2D eigenvalue weighted by atomic mass is 10.1. The summed E-state index contributed by atoms with van der Waals surface area (Å²) >= 11 is 7.16. The minimum absolute atomic E-state index is 0.0103. The number of aliphatic hydroxyl groups is 1. The SMILES string of the molecule is COCc1cc(N2C[C@H](CNC(=O)c3ccc(Cl)s3)CC2=O)ccc1-n1cccc(CCN2CCC(O)CC2)c1=O. The Labute approximate surface area is 248 Å². The van der Waals surface area contributed by atoms with Crippen LogP contribution >= 0.6 is 22.9 Å². The van der Waals surface area contributed by atoms with E-state index in [1.165, 1.54) is 11.3 Å². The molecule has 9 nitrogen and oxygen atoms in total. The fourth-order valence-corrected chi connectivity index (χ4v) is 6.47. The fourth-order valence-electron chi connectivity index (χ4n) is 5.51. The van der Waals surface area contributed by atoms with Crippen LogP contribution in [0.3, 0.4) is 0 Å². The average Bonchev–Trinajstić information content (AvgIpc) is 3.57. The van der Waals surface area contributed by atoms with Crippen LogP contribution in [0.2, 0.25) is 4.34 Å². The number of carbonyl (C=O) groups is 2. The molecule has 11 heteroatoms. The normalized spacial score (nSPS) is 18.3. The zero-order valence-electron chi connectivity index (χ0n) is 23.1. The molecule has 3 aromatic rings. The van der Waals surface area contributed by atoms with Crippen molar-refractivity contribution in [3.63, 3.8) is 0 Å². The number of piperidine rings is 1. The molecular weight excluding hydrogens is 564 g/mol. The summed E-state index contributed by atoms with van der Waals surface area (Å²) in [4.78, 5) is 43.4. The zero-order chi connectivity index (χ0) is 28.9. The summed E-state index contributed by atoms with van der Waals surface area (Å²) in [6, 6.07) is 12.8. The molecule has 2 N–H and O–H groups in total. The van der Waals surface area contributed by atoms with Gasteiger partial charge in [-0.15, -0.1) is 11.3 Å². The predicted molar refractivity (Wildman–Crippen MR) is 160 cm³/mol. The number of halogens is 1. The Morgan fingerprint density at radius 2 is 1.95 bits per heavy atom. The van der Waals surface area contributed by atoms with Crippen molar-refractivity contribution in [1.82, 2.24) is 14.8 Å². The Morgan fingerprint density at radius 1 is 1.15 bits per heavy atom. The number of aromatic nitrogens is 1. The number of aliphatic hydroxyl groups excluding tert-OH is 1. The van der Waals surface area contributed by atoms with Crippen LogP contribution in [-0.2, 0) is 22.6 Å². The van der Waals surface area contributed by atoms with Gasteiger partial charge in [-0.05, 0) is 55.7 Å². The molecule has 1 atom stereocenters. The minimum atomic E-state index is -0.221. The molecule has 0 unspecified atom stereocenters. The number of pyridine rings is 1. The third kappa shape index (κ3) is 7.07. The molecule has 2 aliphatic heterocycles. The van der Waals surface area contributed by atoms with Crippen LogP contribution in [0.25, 0.3) is 5.69 Å². The maximum absolute atomic E-state index is 13.5. The van der Waals surface area contributed by atoms with Gasteiger partial charge in [0.2, 0.25) is 5.91 Å².